The van der Waals surface area contributed by atoms with Crippen LogP contribution in [0.3, 0.4) is 0 Å². The molecule has 2 saturated heterocycles. The van der Waals surface area contributed by atoms with Gasteiger partial charge in [0.15, 0.2) is 0 Å². The van der Waals surface area contributed by atoms with E-state index in [2.05, 4.69) is 29.3 Å². The lowest BCUT2D eigenvalue weighted by atomic mass is 9.88. The Kier molecular flexibility index (Phi) is 4.59. The van der Waals surface area contributed by atoms with E-state index in [0.29, 0.717) is 24.3 Å². The van der Waals surface area contributed by atoms with Gasteiger partial charge in [0.25, 0.3) is 0 Å². The third-order valence-electron chi connectivity index (χ3n) is 5.15. The quantitative estimate of drug-likeness (QED) is 0.926. The van der Waals surface area contributed by atoms with Crippen molar-refractivity contribution in [1.82, 2.24) is 10.2 Å². The predicted octanol–water partition coefficient (Wildman–Crippen LogP) is 2.53. The minimum Gasteiger partial charge on any atom is -0.339 e. The summed E-state index contributed by atoms with van der Waals surface area (Å²) in [6.45, 7) is 5.28. The summed E-state index contributed by atoms with van der Waals surface area (Å²) in [5.41, 5.74) is 2.40. The first kappa shape index (κ1) is 14.6. The fourth-order valence-corrected chi connectivity index (χ4v) is 3.89. The van der Waals surface area contributed by atoms with E-state index < -0.39 is 0 Å². The Morgan fingerprint density at radius 2 is 2.00 bits per heavy atom. The molecule has 0 radical (unpaired) electrons. The minimum atomic E-state index is 0.324. The number of carbonyl (C=O) groups excluding carboxylic acids is 1. The Hall–Kier alpha value is -1.35. The van der Waals surface area contributed by atoms with Crippen molar-refractivity contribution >= 4 is 5.91 Å². The van der Waals surface area contributed by atoms with Crippen LogP contribution in [0.2, 0.25) is 0 Å². The first-order chi connectivity index (χ1) is 10.3. The number of rotatable bonds is 3. The van der Waals surface area contributed by atoms with E-state index in [4.69, 9.17) is 0 Å². The molecule has 2 aliphatic heterocycles. The summed E-state index contributed by atoms with van der Waals surface area (Å²) < 4.78 is 0. The van der Waals surface area contributed by atoms with Crippen LogP contribution in [-0.2, 0) is 11.2 Å². The Labute approximate surface area is 127 Å². The maximum absolute atomic E-state index is 12.7. The molecule has 2 heterocycles. The van der Waals surface area contributed by atoms with E-state index in [1.807, 2.05) is 12.1 Å². The molecule has 0 saturated carbocycles. The molecule has 2 aliphatic rings. The summed E-state index contributed by atoms with van der Waals surface area (Å²) >= 11 is 0. The average molecular weight is 286 g/mol. The molecule has 1 N–H and O–H groups in total. The van der Waals surface area contributed by atoms with Gasteiger partial charge in [-0.25, -0.2) is 0 Å². The maximum Gasteiger partial charge on any atom is 0.227 e. The molecule has 1 aromatic rings. The van der Waals surface area contributed by atoms with E-state index >= 15 is 0 Å². The van der Waals surface area contributed by atoms with E-state index in [1.54, 1.807) is 0 Å². The number of aryl methyl sites for hydroxylation is 1. The van der Waals surface area contributed by atoms with Crippen LogP contribution in [0.5, 0.6) is 0 Å². The maximum atomic E-state index is 12.7. The summed E-state index contributed by atoms with van der Waals surface area (Å²) in [5.74, 6) is 1.03. The molecule has 21 heavy (non-hydrogen) atoms. The van der Waals surface area contributed by atoms with Crippen LogP contribution in [0, 0.1) is 12.8 Å². The number of nitrogens with zero attached hydrogens (tertiary/aromatic N) is 1. The van der Waals surface area contributed by atoms with Gasteiger partial charge >= 0.3 is 0 Å². The summed E-state index contributed by atoms with van der Waals surface area (Å²) in [5, 5.41) is 3.43. The average Bonchev–Trinajstić information content (AvgIpc) is 3.00. The molecule has 0 spiro atoms. The molecule has 114 valence electrons. The summed E-state index contributed by atoms with van der Waals surface area (Å²) in [6.07, 6.45) is 5.38. The van der Waals surface area contributed by atoms with Crippen molar-refractivity contribution in [1.29, 1.82) is 0 Å². The summed E-state index contributed by atoms with van der Waals surface area (Å²) in [6, 6.07) is 8.74. The number of carbonyl (C=O) groups is 1. The van der Waals surface area contributed by atoms with Crippen LogP contribution in [-0.4, -0.2) is 36.5 Å². The highest BCUT2D eigenvalue weighted by atomic mass is 16.2. The summed E-state index contributed by atoms with van der Waals surface area (Å²) in [7, 11) is 0. The molecule has 3 heteroatoms. The van der Waals surface area contributed by atoms with Gasteiger partial charge in [-0.3, -0.25) is 4.79 Å². The number of amides is 1. The second-order valence-electron chi connectivity index (χ2n) is 6.49. The largest absolute Gasteiger partial charge is 0.339 e. The normalized spacial score (nSPS) is 23.5. The number of nitrogens with one attached hydrogen (secondary N) is 1. The molecule has 0 bridgehead atoms. The first-order valence-corrected chi connectivity index (χ1v) is 8.30. The molecule has 0 aromatic heterocycles. The smallest absolute Gasteiger partial charge is 0.227 e. The molecule has 3 rings (SSSR count). The van der Waals surface area contributed by atoms with Crippen LogP contribution in [0.4, 0.5) is 0 Å². The third-order valence-corrected chi connectivity index (χ3v) is 5.15. The van der Waals surface area contributed by atoms with Crippen molar-refractivity contribution in [3.8, 4) is 0 Å². The number of hydrogen-bond acceptors (Lipinski definition) is 2. The molecular weight excluding hydrogens is 260 g/mol. The molecule has 0 aliphatic carbocycles. The number of benzene rings is 1. The zero-order valence-corrected chi connectivity index (χ0v) is 13.0. The highest BCUT2D eigenvalue weighted by Crippen LogP contribution is 2.30. The van der Waals surface area contributed by atoms with Gasteiger partial charge in [0, 0.05) is 12.6 Å². The molecular formula is C18H26N2O. The van der Waals surface area contributed by atoms with E-state index in [9.17, 15) is 4.79 Å². The van der Waals surface area contributed by atoms with Crippen LogP contribution < -0.4 is 5.32 Å². The Bertz CT molecular complexity index is 494. The van der Waals surface area contributed by atoms with Crippen LogP contribution in [0.15, 0.2) is 24.3 Å². The predicted molar refractivity (Wildman–Crippen MR) is 85.2 cm³/mol. The van der Waals surface area contributed by atoms with Gasteiger partial charge in [0.1, 0.15) is 0 Å². The Morgan fingerprint density at radius 3 is 2.76 bits per heavy atom. The van der Waals surface area contributed by atoms with Crippen molar-refractivity contribution in [3.63, 3.8) is 0 Å². The van der Waals surface area contributed by atoms with Crippen molar-refractivity contribution in [3.05, 3.63) is 35.4 Å². The topological polar surface area (TPSA) is 32.3 Å². The number of likely N-dealkylation sites (tertiary alicyclic amines) is 1. The molecule has 1 atom stereocenters. The minimum absolute atomic E-state index is 0.324. The van der Waals surface area contributed by atoms with Crippen LogP contribution >= 0.6 is 0 Å². The lowest BCUT2D eigenvalue weighted by Gasteiger charge is -2.34. The fourth-order valence-electron chi connectivity index (χ4n) is 3.89. The lowest BCUT2D eigenvalue weighted by Crippen LogP contribution is -2.44. The standard InChI is InChI=1S/C18H26N2O/c1-14-5-2-3-6-16(14)13-18(21)20-12-4-7-17(20)15-8-10-19-11-9-15/h2-3,5-6,15,17,19H,4,7-13H2,1H3. The van der Waals surface area contributed by atoms with Crippen molar-refractivity contribution < 1.29 is 4.79 Å². The molecule has 2 fully saturated rings. The van der Waals surface area contributed by atoms with E-state index in [1.165, 1.54) is 36.8 Å². The van der Waals surface area contributed by atoms with Gasteiger partial charge in [-0.05, 0) is 62.7 Å². The van der Waals surface area contributed by atoms with Gasteiger partial charge in [0.2, 0.25) is 5.91 Å². The molecule has 1 unspecified atom stereocenters. The molecule has 1 aromatic carbocycles. The first-order valence-electron chi connectivity index (χ1n) is 8.30. The zero-order valence-electron chi connectivity index (χ0n) is 13.0. The van der Waals surface area contributed by atoms with Gasteiger partial charge in [0.05, 0.1) is 6.42 Å². The number of hydrogen-bond donors (Lipinski definition) is 1. The van der Waals surface area contributed by atoms with Gasteiger partial charge < -0.3 is 10.2 Å². The second kappa shape index (κ2) is 6.61. The van der Waals surface area contributed by atoms with Crippen molar-refractivity contribution in [2.75, 3.05) is 19.6 Å². The van der Waals surface area contributed by atoms with E-state index in [0.717, 1.165) is 19.6 Å². The van der Waals surface area contributed by atoms with Crippen LogP contribution in [0.1, 0.15) is 36.8 Å². The lowest BCUT2D eigenvalue weighted by molar-refractivity contribution is -0.132. The Balaban J connectivity index is 1.67. The third kappa shape index (κ3) is 3.29. The van der Waals surface area contributed by atoms with Crippen molar-refractivity contribution in [2.24, 2.45) is 5.92 Å². The summed E-state index contributed by atoms with van der Waals surface area (Å²) in [4.78, 5) is 14.9. The van der Waals surface area contributed by atoms with Gasteiger partial charge in [-0.15, -0.1) is 0 Å². The molecule has 3 nitrogen and oxygen atoms in total. The zero-order chi connectivity index (χ0) is 14.7. The van der Waals surface area contributed by atoms with Gasteiger partial charge in [-0.1, -0.05) is 24.3 Å². The van der Waals surface area contributed by atoms with Gasteiger partial charge in [-0.2, -0.15) is 0 Å². The number of piperidine rings is 1. The molecule has 1 amide bonds. The highest BCUT2D eigenvalue weighted by Gasteiger charge is 2.34. The SMILES string of the molecule is Cc1ccccc1CC(=O)N1CCCC1C1CCNCC1. The van der Waals surface area contributed by atoms with Crippen molar-refractivity contribution in [2.45, 2.75) is 45.1 Å². The van der Waals surface area contributed by atoms with Crippen LogP contribution in [0.25, 0.3) is 0 Å². The second-order valence-corrected chi connectivity index (χ2v) is 6.49. The Morgan fingerprint density at radius 1 is 1.24 bits per heavy atom. The van der Waals surface area contributed by atoms with E-state index in [-0.39, 0.29) is 0 Å². The monoisotopic (exact) mass is 286 g/mol. The highest BCUT2D eigenvalue weighted by molar-refractivity contribution is 5.79. The fraction of sp³-hybridized carbons (Fsp3) is 0.611.